The summed E-state index contributed by atoms with van der Waals surface area (Å²) in [4.78, 5) is 28.1. The monoisotopic (exact) mass is 195 g/mol. The van der Waals surface area contributed by atoms with Gasteiger partial charge in [-0.25, -0.2) is 14.8 Å². The number of hydrogen-bond donors (Lipinski definition) is 2. The Morgan fingerprint density at radius 3 is 2.64 bits per heavy atom. The van der Waals surface area contributed by atoms with E-state index in [9.17, 15) is 9.59 Å². The molecule has 0 aliphatic heterocycles. The fourth-order valence-corrected chi connectivity index (χ4v) is 0.836. The fraction of sp³-hybridized carbons (Fsp3) is 0.250. The van der Waals surface area contributed by atoms with Crippen molar-refractivity contribution in [1.82, 2.24) is 15.3 Å². The van der Waals surface area contributed by atoms with Gasteiger partial charge in [0.25, 0.3) is 0 Å². The summed E-state index contributed by atoms with van der Waals surface area (Å²) in [5, 5.41) is 10.5. The van der Waals surface area contributed by atoms with E-state index in [0.29, 0.717) is 24.1 Å². The van der Waals surface area contributed by atoms with Crippen LogP contribution in [0.3, 0.4) is 0 Å². The summed E-state index contributed by atoms with van der Waals surface area (Å²) in [6, 6.07) is 0. The van der Waals surface area contributed by atoms with Crippen molar-refractivity contribution in [1.29, 1.82) is 0 Å². The van der Waals surface area contributed by atoms with E-state index < -0.39 is 6.09 Å². The van der Waals surface area contributed by atoms with Gasteiger partial charge in [0.15, 0.2) is 6.29 Å². The van der Waals surface area contributed by atoms with Gasteiger partial charge in [0.1, 0.15) is 5.82 Å². The summed E-state index contributed by atoms with van der Waals surface area (Å²) in [6.07, 6.45) is 2.78. The standard InChI is InChI=1S/C8H9N3O3/c12-5-6-3-10-7(11-4-6)1-2-9-8(13)14/h3-5,9H,1-2H2,(H,13,14). The Morgan fingerprint density at radius 2 is 2.14 bits per heavy atom. The predicted molar refractivity (Wildman–Crippen MR) is 47.2 cm³/mol. The molecule has 6 heteroatoms. The first kappa shape index (κ1) is 10.1. The summed E-state index contributed by atoms with van der Waals surface area (Å²) >= 11 is 0. The third kappa shape index (κ3) is 3.18. The van der Waals surface area contributed by atoms with E-state index >= 15 is 0 Å². The molecule has 1 amide bonds. The highest BCUT2D eigenvalue weighted by molar-refractivity contribution is 5.73. The molecule has 2 N–H and O–H groups in total. The van der Waals surface area contributed by atoms with E-state index in [0.717, 1.165) is 0 Å². The van der Waals surface area contributed by atoms with Crippen LogP contribution in [0.15, 0.2) is 12.4 Å². The highest BCUT2D eigenvalue weighted by Gasteiger charge is 1.98. The first-order valence-corrected chi connectivity index (χ1v) is 3.95. The summed E-state index contributed by atoms with van der Waals surface area (Å²) in [7, 11) is 0. The zero-order valence-corrected chi connectivity index (χ0v) is 7.30. The van der Waals surface area contributed by atoms with Crippen molar-refractivity contribution in [3.05, 3.63) is 23.8 Å². The second-order valence-electron chi connectivity index (χ2n) is 2.53. The Labute approximate surface area is 80.0 Å². The zero-order chi connectivity index (χ0) is 10.4. The molecule has 0 aromatic carbocycles. The molecule has 14 heavy (non-hydrogen) atoms. The average Bonchev–Trinajstić information content (AvgIpc) is 2.18. The van der Waals surface area contributed by atoms with Crippen LogP contribution in [0.5, 0.6) is 0 Å². The van der Waals surface area contributed by atoms with E-state index in [2.05, 4.69) is 15.3 Å². The number of carbonyl (C=O) groups excluding carboxylic acids is 1. The lowest BCUT2D eigenvalue weighted by Crippen LogP contribution is -2.23. The molecule has 1 aromatic heterocycles. The van der Waals surface area contributed by atoms with Crippen molar-refractivity contribution in [2.24, 2.45) is 0 Å². The molecule has 0 saturated heterocycles. The van der Waals surface area contributed by atoms with Crippen molar-refractivity contribution in [2.45, 2.75) is 6.42 Å². The number of carbonyl (C=O) groups is 2. The van der Waals surface area contributed by atoms with Gasteiger partial charge in [-0.3, -0.25) is 4.79 Å². The van der Waals surface area contributed by atoms with Crippen LogP contribution in [0.25, 0.3) is 0 Å². The fourth-order valence-electron chi connectivity index (χ4n) is 0.836. The molecule has 0 radical (unpaired) electrons. The number of rotatable bonds is 4. The van der Waals surface area contributed by atoms with Crippen molar-refractivity contribution in [2.75, 3.05) is 6.54 Å². The summed E-state index contributed by atoms with van der Waals surface area (Å²) in [5.74, 6) is 0.504. The minimum atomic E-state index is -1.07. The Morgan fingerprint density at radius 1 is 1.50 bits per heavy atom. The first-order chi connectivity index (χ1) is 6.72. The van der Waals surface area contributed by atoms with Gasteiger partial charge in [-0.1, -0.05) is 0 Å². The van der Waals surface area contributed by atoms with Crippen LogP contribution in [0, 0.1) is 0 Å². The normalized spacial score (nSPS) is 9.43. The van der Waals surface area contributed by atoms with Crippen molar-refractivity contribution < 1.29 is 14.7 Å². The summed E-state index contributed by atoms with van der Waals surface area (Å²) in [5.41, 5.74) is 0.403. The van der Waals surface area contributed by atoms with Gasteiger partial charge in [0.2, 0.25) is 0 Å². The van der Waals surface area contributed by atoms with Gasteiger partial charge < -0.3 is 10.4 Å². The van der Waals surface area contributed by atoms with Gasteiger partial charge in [0, 0.05) is 25.4 Å². The summed E-state index contributed by atoms with van der Waals surface area (Å²) < 4.78 is 0. The minimum absolute atomic E-state index is 0.260. The smallest absolute Gasteiger partial charge is 0.404 e. The predicted octanol–water partition coefficient (Wildman–Crippen LogP) is 0.0992. The Balaban J connectivity index is 2.43. The Bertz CT molecular complexity index is 323. The lowest BCUT2D eigenvalue weighted by atomic mass is 10.3. The Kier molecular flexibility index (Phi) is 3.54. The lowest BCUT2D eigenvalue weighted by molar-refractivity contribution is 0.112. The maximum absolute atomic E-state index is 10.3. The highest BCUT2D eigenvalue weighted by Crippen LogP contribution is 1.92. The van der Waals surface area contributed by atoms with E-state index in [1.165, 1.54) is 12.4 Å². The first-order valence-electron chi connectivity index (χ1n) is 3.95. The van der Waals surface area contributed by atoms with Crippen LogP contribution in [0.4, 0.5) is 4.79 Å². The summed E-state index contributed by atoms with van der Waals surface area (Å²) in [6.45, 7) is 0.260. The number of amides is 1. The van der Waals surface area contributed by atoms with Crippen LogP contribution in [0.1, 0.15) is 16.2 Å². The topological polar surface area (TPSA) is 92.2 Å². The Hall–Kier alpha value is -1.98. The zero-order valence-electron chi connectivity index (χ0n) is 7.30. The number of nitrogens with one attached hydrogen (secondary N) is 1. The average molecular weight is 195 g/mol. The third-order valence-electron chi connectivity index (χ3n) is 1.49. The van der Waals surface area contributed by atoms with Gasteiger partial charge in [0.05, 0.1) is 5.56 Å². The van der Waals surface area contributed by atoms with Crippen molar-refractivity contribution in [3.8, 4) is 0 Å². The SMILES string of the molecule is O=Cc1cnc(CCNC(=O)O)nc1. The molecule has 0 saturated carbocycles. The van der Waals surface area contributed by atoms with Crippen LogP contribution in [-0.2, 0) is 6.42 Å². The van der Waals surface area contributed by atoms with Crippen LogP contribution >= 0.6 is 0 Å². The molecule has 0 aliphatic carbocycles. The second kappa shape index (κ2) is 4.90. The van der Waals surface area contributed by atoms with Crippen LogP contribution in [0.2, 0.25) is 0 Å². The molecule has 0 bridgehead atoms. The molecule has 0 unspecified atom stereocenters. The van der Waals surface area contributed by atoms with E-state index in [1.54, 1.807) is 0 Å². The maximum atomic E-state index is 10.3. The molecule has 1 heterocycles. The lowest BCUT2D eigenvalue weighted by Gasteiger charge is -1.99. The van der Waals surface area contributed by atoms with E-state index in [4.69, 9.17) is 5.11 Å². The van der Waals surface area contributed by atoms with Gasteiger partial charge in [-0.15, -0.1) is 0 Å². The number of nitrogens with zero attached hydrogens (tertiary/aromatic N) is 2. The van der Waals surface area contributed by atoms with Gasteiger partial charge in [-0.05, 0) is 0 Å². The number of carboxylic acid groups (broad SMARTS) is 1. The molecule has 0 spiro atoms. The molecular formula is C8H9N3O3. The third-order valence-corrected chi connectivity index (χ3v) is 1.49. The molecule has 0 fully saturated rings. The largest absolute Gasteiger partial charge is 0.465 e. The molecular weight excluding hydrogens is 186 g/mol. The van der Waals surface area contributed by atoms with Crippen LogP contribution < -0.4 is 5.32 Å². The number of hydrogen-bond acceptors (Lipinski definition) is 4. The maximum Gasteiger partial charge on any atom is 0.404 e. The quantitative estimate of drug-likeness (QED) is 0.664. The molecule has 1 rings (SSSR count). The van der Waals surface area contributed by atoms with Gasteiger partial charge in [-0.2, -0.15) is 0 Å². The minimum Gasteiger partial charge on any atom is -0.465 e. The van der Waals surface area contributed by atoms with Gasteiger partial charge >= 0.3 is 6.09 Å². The van der Waals surface area contributed by atoms with E-state index in [1.807, 2.05) is 0 Å². The van der Waals surface area contributed by atoms with Crippen LogP contribution in [-0.4, -0.2) is 34.0 Å². The number of aldehydes is 1. The number of aromatic nitrogens is 2. The second-order valence-corrected chi connectivity index (χ2v) is 2.53. The molecule has 74 valence electrons. The highest BCUT2D eigenvalue weighted by atomic mass is 16.4. The molecule has 0 aliphatic rings. The molecule has 1 aromatic rings. The van der Waals surface area contributed by atoms with Crippen molar-refractivity contribution >= 4 is 12.4 Å². The molecule has 6 nitrogen and oxygen atoms in total. The van der Waals surface area contributed by atoms with E-state index in [-0.39, 0.29) is 6.54 Å². The van der Waals surface area contributed by atoms with Crippen molar-refractivity contribution in [3.63, 3.8) is 0 Å². The molecule has 0 atom stereocenters.